The number of hydrogen-bond donors (Lipinski definition) is 0. The van der Waals surface area contributed by atoms with Crippen LogP contribution in [0.2, 0.25) is 0 Å². The molecule has 0 unspecified atom stereocenters. The van der Waals surface area contributed by atoms with Gasteiger partial charge in [0, 0.05) is 0 Å². The molecule has 0 bridgehead atoms. The van der Waals surface area contributed by atoms with E-state index in [0.717, 1.165) is 0 Å². The Kier molecular flexibility index (Phi) is 13.5. The van der Waals surface area contributed by atoms with Crippen LogP contribution in [0.5, 0.6) is 0 Å². The van der Waals surface area contributed by atoms with Crippen LogP contribution in [0.3, 0.4) is 0 Å². The summed E-state index contributed by atoms with van der Waals surface area (Å²) in [4.78, 5) is 0. The van der Waals surface area contributed by atoms with Crippen LogP contribution < -0.4 is 0 Å². The third kappa shape index (κ3) is 7.88. The van der Waals surface area contributed by atoms with E-state index in [1.807, 2.05) is 0 Å². The van der Waals surface area contributed by atoms with Crippen LogP contribution in [0, 0.1) is 6.92 Å². The van der Waals surface area contributed by atoms with Crippen LogP contribution in [-0.4, -0.2) is 19.4 Å². The van der Waals surface area contributed by atoms with Crippen molar-refractivity contribution >= 4 is 21.2 Å². The van der Waals surface area contributed by atoms with Crippen molar-refractivity contribution in [2.45, 2.75) is 13.8 Å². The summed E-state index contributed by atoms with van der Waals surface area (Å²) in [6, 6.07) is 0. The quantitative estimate of drug-likeness (QED) is 0.445. The van der Waals surface area contributed by atoms with Crippen molar-refractivity contribution in [3.63, 3.8) is 0 Å². The van der Waals surface area contributed by atoms with Gasteiger partial charge >= 0.3 is 37.6 Å². The van der Waals surface area contributed by atoms with Crippen molar-refractivity contribution in [3.8, 4) is 0 Å². The second-order valence-electron chi connectivity index (χ2n) is 1.67. The predicted molar refractivity (Wildman–Crippen MR) is 50.0 cm³/mol. The molecule has 0 aromatic rings. The molecule has 0 aromatic carbocycles. The van der Waals surface area contributed by atoms with E-state index >= 15 is 0 Å². The molecule has 70 valence electrons. The van der Waals surface area contributed by atoms with Gasteiger partial charge in [0.05, 0.1) is 13.2 Å². The molecule has 0 atom stereocenters. The molecule has 6 heteroatoms. The van der Waals surface area contributed by atoms with Gasteiger partial charge < -0.3 is 16.0 Å². The molecule has 0 aliphatic rings. The maximum absolute atomic E-state index is 11.3. The molecule has 0 fully saturated rings. The fourth-order valence-corrected chi connectivity index (χ4v) is 1.68. The number of rotatable bonds is 5. The van der Waals surface area contributed by atoms with Crippen LogP contribution in [0.15, 0.2) is 0 Å². The van der Waals surface area contributed by atoms with Gasteiger partial charge in [0.15, 0.2) is 0 Å². The molecule has 0 aromatic heterocycles. The summed E-state index contributed by atoms with van der Waals surface area (Å²) in [6.07, 6.45) is 0.203. The van der Waals surface area contributed by atoms with Crippen molar-refractivity contribution < 1.29 is 30.0 Å². The second kappa shape index (κ2) is 10.3. The first kappa shape index (κ1) is 15.7. The standard InChI is InChI=1S/C6H14O3P.BrH.Zn/c1-4-8-10(7,6-3)9-5-2;;/h3-6H2,1-2H3;1H;/q-1;;+2/p-1. The Morgan fingerprint density at radius 3 is 1.83 bits per heavy atom. The van der Waals surface area contributed by atoms with Gasteiger partial charge in [0.2, 0.25) is 0 Å². The van der Waals surface area contributed by atoms with E-state index in [9.17, 15) is 4.57 Å². The zero-order chi connectivity index (χ0) is 10.0. The first-order valence-electron chi connectivity index (χ1n) is 3.62. The zero-order valence-corrected chi connectivity index (χ0v) is 13.0. The molecule has 0 amide bonds. The van der Waals surface area contributed by atoms with Crippen molar-refractivity contribution in [1.82, 2.24) is 0 Å². The van der Waals surface area contributed by atoms with Crippen molar-refractivity contribution in [2.24, 2.45) is 0 Å². The van der Waals surface area contributed by atoms with Crippen LogP contribution in [-0.2, 0) is 30.0 Å². The van der Waals surface area contributed by atoms with Crippen LogP contribution in [0.25, 0.3) is 0 Å². The zero-order valence-electron chi connectivity index (χ0n) is 7.59. The second-order valence-corrected chi connectivity index (χ2v) is 3.86. The van der Waals surface area contributed by atoms with Crippen LogP contribution >= 0.6 is 21.2 Å². The van der Waals surface area contributed by atoms with Gasteiger partial charge in [-0.1, -0.05) is 6.16 Å². The molecule has 0 radical (unpaired) electrons. The Bertz CT molecular complexity index is 124. The van der Waals surface area contributed by atoms with Crippen molar-refractivity contribution in [1.29, 1.82) is 0 Å². The molecule has 3 nitrogen and oxygen atoms in total. The van der Waals surface area contributed by atoms with Gasteiger partial charge in [0.25, 0.3) is 0 Å². The SMILES string of the molecule is [CH2-]CP(=O)(OCC)OCC.[Zn+][Br]. The Labute approximate surface area is 91.2 Å². The summed E-state index contributed by atoms with van der Waals surface area (Å²) >= 11 is 4.25. The third-order valence-corrected chi connectivity index (χ3v) is 2.78. The van der Waals surface area contributed by atoms with E-state index in [1.54, 1.807) is 13.8 Å². The summed E-state index contributed by atoms with van der Waals surface area (Å²) in [5, 5.41) is 0. The van der Waals surface area contributed by atoms with Crippen molar-refractivity contribution in [2.75, 3.05) is 19.4 Å². The normalized spacial score (nSPS) is 10.5. The van der Waals surface area contributed by atoms with Crippen molar-refractivity contribution in [3.05, 3.63) is 6.92 Å². The van der Waals surface area contributed by atoms with E-state index in [0.29, 0.717) is 13.2 Å². The van der Waals surface area contributed by atoms with E-state index < -0.39 is 7.60 Å². The third-order valence-electron chi connectivity index (χ3n) is 0.925. The van der Waals surface area contributed by atoms with E-state index in [4.69, 9.17) is 9.05 Å². The van der Waals surface area contributed by atoms with Gasteiger partial charge in [-0.3, -0.25) is 4.57 Å². The molecule has 0 rings (SSSR count). The molecular weight excluding hydrogens is 296 g/mol. The molecule has 0 N–H and O–H groups in total. The molecule has 0 saturated carbocycles. The Morgan fingerprint density at radius 2 is 1.67 bits per heavy atom. The fourth-order valence-electron chi connectivity index (χ4n) is 0.560. The summed E-state index contributed by atoms with van der Waals surface area (Å²) in [5.74, 6) is 0. The number of hydrogen-bond acceptors (Lipinski definition) is 3. The van der Waals surface area contributed by atoms with Gasteiger partial charge in [0.1, 0.15) is 0 Å². The summed E-state index contributed by atoms with van der Waals surface area (Å²) in [6.45, 7) is 7.86. The molecule has 0 saturated heterocycles. The summed E-state index contributed by atoms with van der Waals surface area (Å²) < 4.78 is 21.1. The Balaban J connectivity index is 0. The Hall–Kier alpha value is 1.25. The first-order chi connectivity index (χ1) is 5.68. The van der Waals surface area contributed by atoms with Gasteiger partial charge in [-0.25, -0.2) is 0 Å². The van der Waals surface area contributed by atoms with E-state index in [-0.39, 0.29) is 6.16 Å². The average Bonchev–Trinajstić information content (AvgIpc) is 2.09. The van der Waals surface area contributed by atoms with Gasteiger partial charge in [-0.2, -0.15) is 0 Å². The topological polar surface area (TPSA) is 35.5 Å². The van der Waals surface area contributed by atoms with E-state index in [2.05, 4.69) is 20.5 Å². The minimum atomic E-state index is -2.81. The molecule has 0 aliphatic carbocycles. The molecular formula is C6H14BrO3PZn. The Morgan fingerprint density at radius 1 is 1.33 bits per heavy atom. The fraction of sp³-hybridized carbons (Fsp3) is 0.833. The summed E-state index contributed by atoms with van der Waals surface area (Å²) in [5.41, 5.74) is 0. The predicted octanol–water partition coefficient (Wildman–Crippen LogP) is 2.93. The monoisotopic (exact) mass is 308 g/mol. The average molecular weight is 310 g/mol. The van der Waals surface area contributed by atoms with Gasteiger partial charge in [-0.05, 0) is 13.8 Å². The summed E-state index contributed by atoms with van der Waals surface area (Å²) in [7, 11) is -2.81. The minimum absolute atomic E-state index is 0.203. The maximum atomic E-state index is 11.3. The molecule has 0 aliphatic heterocycles. The molecule has 12 heavy (non-hydrogen) atoms. The van der Waals surface area contributed by atoms with Crippen LogP contribution in [0.4, 0.5) is 0 Å². The molecule has 0 spiro atoms. The molecule has 0 heterocycles. The first-order valence-corrected chi connectivity index (χ1v) is 12.3. The van der Waals surface area contributed by atoms with E-state index in [1.165, 1.54) is 16.3 Å². The van der Waals surface area contributed by atoms with Gasteiger partial charge in [-0.15, -0.1) is 0 Å². The number of halogens is 1. The van der Waals surface area contributed by atoms with Crippen LogP contribution in [0.1, 0.15) is 13.8 Å².